The van der Waals surface area contributed by atoms with Gasteiger partial charge >= 0.3 is 5.97 Å². The molecule has 1 aromatic carbocycles. The van der Waals surface area contributed by atoms with Gasteiger partial charge in [0, 0.05) is 30.9 Å². The summed E-state index contributed by atoms with van der Waals surface area (Å²) in [5.74, 6) is 0.0434. The molecule has 0 bridgehead atoms. The standard InChI is InChI=1S/C20H19N3O5/c1-26-20(25)14-2-4-16(5-3-14)22-19(24)15(13-21)12-17-6-7-18(28-17)23-8-10-27-11-9-23/h2-7,12H,8-11H2,1H3,(H,22,24)/b15-12+. The van der Waals surface area contributed by atoms with Crippen molar-refractivity contribution in [3.05, 3.63) is 53.3 Å². The van der Waals surface area contributed by atoms with Crippen LogP contribution in [-0.2, 0) is 14.3 Å². The molecule has 8 heteroatoms. The Morgan fingerprint density at radius 3 is 2.54 bits per heavy atom. The third-order valence-electron chi connectivity index (χ3n) is 4.15. The second-order valence-electron chi connectivity index (χ2n) is 5.97. The fraction of sp³-hybridized carbons (Fsp3) is 0.250. The van der Waals surface area contributed by atoms with Crippen LogP contribution in [0.5, 0.6) is 0 Å². The molecule has 2 heterocycles. The maximum absolute atomic E-state index is 12.4. The van der Waals surface area contributed by atoms with Gasteiger partial charge in [0.1, 0.15) is 17.4 Å². The minimum atomic E-state index is -0.572. The maximum atomic E-state index is 12.4. The molecule has 1 amide bonds. The van der Waals surface area contributed by atoms with Crippen LogP contribution in [0.25, 0.3) is 6.08 Å². The van der Waals surface area contributed by atoms with Gasteiger partial charge in [-0.05, 0) is 30.3 Å². The molecule has 1 saturated heterocycles. The lowest BCUT2D eigenvalue weighted by atomic mass is 10.2. The Balaban J connectivity index is 1.68. The monoisotopic (exact) mass is 381 g/mol. The van der Waals surface area contributed by atoms with Crippen LogP contribution >= 0.6 is 0 Å². The number of carbonyl (C=O) groups is 2. The van der Waals surface area contributed by atoms with Gasteiger partial charge < -0.3 is 24.1 Å². The summed E-state index contributed by atoms with van der Waals surface area (Å²) in [6, 6.07) is 11.6. The molecule has 1 aliphatic rings. The van der Waals surface area contributed by atoms with Crippen molar-refractivity contribution in [1.29, 1.82) is 5.26 Å². The Morgan fingerprint density at radius 2 is 1.89 bits per heavy atom. The number of nitrogens with one attached hydrogen (secondary N) is 1. The van der Waals surface area contributed by atoms with Gasteiger partial charge in [-0.25, -0.2) is 4.79 Å². The Labute approximate surface area is 161 Å². The number of benzene rings is 1. The summed E-state index contributed by atoms with van der Waals surface area (Å²) in [7, 11) is 1.29. The number of morpholine rings is 1. The summed E-state index contributed by atoms with van der Waals surface area (Å²) in [4.78, 5) is 25.8. The molecule has 1 N–H and O–H groups in total. The highest BCUT2D eigenvalue weighted by molar-refractivity contribution is 6.09. The van der Waals surface area contributed by atoms with Crippen LogP contribution in [0.1, 0.15) is 16.1 Å². The molecule has 0 radical (unpaired) electrons. The van der Waals surface area contributed by atoms with Crippen molar-refractivity contribution in [3.63, 3.8) is 0 Å². The first-order chi connectivity index (χ1) is 13.6. The van der Waals surface area contributed by atoms with Crippen molar-refractivity contribution in [2.75, 3.05) is 43.6 Å². The van der Waals surface area contributed by atoms with E-state index in [0.29, 0.717) is 36.1 Å². The molecule has 0 atom stereocenters. The minimum Gasteiger partial charge on any atom is -0.465 e. The predicted octanol–water partition coefficient (Wildman–Crippen LogP) is 2.45. The highest BCUT2D eigenvalue weighted by Crippen LogP contribution is 2.22. The van der Waals surface area contributed by atoms with E-state index in [-0.39, 0.29) is 5.57 Å². The molecule has 1 aliphatic heterocycles. The molecule has 8 nitrogen and oxygen atoms in total. The molecule has 28 heavy (non-hydrogen) atoms. The van der Waals surface area contributed by atoms with Crippen LogP contribution in [0.2, 0.25) is 0 Å². The van der Waals surface area contributed by atoms with Crippen molar-refractivity contribution >= 4 is 29.5 Å². The van der Waals surface area contributed by atoms with Gasteiger partial charge in [-0.1, -0.05) is 0 Å². The summed E-state index contributed by atoms with van der Waals surface area (Å²) in [5, 5.41) is 11.9. The molecule has 0 saturated carbocycles. The number of anilines is 2. The number of rotatable bonds is 5. The summed E-state index contributed by atoms with van der Waals surface area (Å²) >= 11 is 0. The first-order valence-corrected chi connectivity index (χ1v) is 8.65. The van der Waals surface area contributed by atoms with Crippen molar-refractivity contribution < 1.29 is 23.5 Å². The fourth-order valence-electron chi connectivity index (χ4n) is 2.67. The Bertz CT molecular complexity index is 918. The van der Waals surface area contributed by atoms with Crippen LogP contribution in [0.4, 0.5) is 11.6 Å². The van der Waals surface area contributed by atoms with E-state index in [0.717, 1.165) is 13.1 Å². The zero-order valence-corrected chi connectivity index (χ0v) is 15.3. The van der Waals surface area contributed by atoms with E-state index in [1.807, 2.05) is 11.0 Å². The van der Waals surface area contributed by atoms with Gasteiger partial charge in [-0.15, -0.1) is 0 Å². The number of nitrogens with zero attached hydrogens (tertiary/aromatic N) is 2. The number of hydrogen-bond donors (Lipinski definition) is 1. The number of esters is 1. The zero-order valence-electron chi connectivity index (χ0n) is 15.3. The quantitative estimate of drug-likeness (QED) is 0.482. The molecule has 0 unspecified atom stereocenters. The molecule has 0 aliphatic carbocycles. The van der Waals surface area contributed by atoms with E-state index < -0.39 is 11.9 Å². The van der Waals surface area contributed by atoms with Gasteiger partial charge in [0.15, 0.2) is 5.88 Å². The van der Waals surface area contributed by atoms with E-state index in [9.17, 15) is 14.9 Å². The second kappa shape index (κ2) is 8.88. The normalized spacial score (nSPS) is 14.3. The number of furan rings is 1. The Hall–Kier alpha value is -3.57. The van der Waals surface area contributed by atoms with Crippen molar-refractivity contribution in [2.24, 2.45) is 0 Å². The molecule has 3 rings (SSSR count). The van der Waals surface area contributed by atoms with Crippen molar-refractivity contribution in [1.82, 2.24) is 0 Å². The third kappa shape index (κ3) is 4.58. The van der Waals surface area contributed by atoms with Crippen LogP contribution in [-0.4, -0.2) is 45.3 Å². The Morgan fingerprint density at radius 1 is 1.18 bits per heavy atom. The molecule has 0 spiro atoms. The lowest BCUT2D eigenvalue weighted by molar-refractivity contribution is -0.112. The predicted molar refractivity (Wildman–Crippen MR) is 102 cm³/mol. The first-order valence-electron chi connectivity index (χ1n) is 8.65. The highest BCUT2D eigenvalue weighted by atomic mass is 16.5. The second-order valence-corrected chi connectivity index (χ2v) is 5.97. The van der Waals surface area contributed by atoms with Crippen LogP contribution < -0.4 is 10.2 Å². The molecular formula is C20H19N3O5. The molecule has 1 aromatic heterocycles. The molecule has 1 fully saturated rings. The first kappa shape index (κ1) is 19.2. The number of carbonyl (C=O) groups excluding carboxylic acids is 2. The number of amides is 1. The van der Waals surface area contributed by atoms with E-state index in [2.05, 4.69) is 10.1 Å². The van der Waals surface area contributed by atoms with E-state index in [1.54, 1.807) is 24.3 Å². The number of methoxy groups -OCH3 is 1. The van der Waals surface area contributed by atoms with Crippen LogP contribution in [0.15, 0.2) is 46.4 Å². The Kier molecular flexibility index (Phi) is 6.09. The van der Waals surface area contributed by atoms with Gasteiger partial charge in [0.05, 0.1) is 25.9 Å². The SMILES string of the molecule is COC(=O)c1ccc(NC(=O)/C(C#N)=C/c2ccc(N3CCOCC3)o2)cc1. The average molecular weight is 381 g/mol. The lowest BCUT2D eigenvalue weighted by Crippen LogP contribution is -2.35. The van der Waals surface area contributed by atoms with E-state index >= 15 is 0 Å². The molecule has 144 valence electrons. The number of ether oxygens (including phenoxy) is 2. The van der Waals surface area contributed by atoms with Crippen LogP contribution in [0, 0.1) is 11.3 Å². The summed E-state index contributed by atoms with van der Waals surface area (Å²) in [5.41, 5.74) is 0.718. The van der Waals surface area contributed by atoms with E-state index in [4.69, 9.17) is 9.15 Å². The summed E-state index contributed by atoms with van der Waals surface area (Å²) in [6.45, 7) is 2.71. The zero-order chi connectivity index (χ0) is 19.9. The number of hydrogen-bond acceptors (Lipinski definition) is 7. The van der Waals surface area contributed by atoms with Gasteiger partial charge in [0.25, 0.3) is 5.91 Å². The summed E-state index contributed by atoms with van der Waals surface area (Å²) in [6.07, 6.45) is 1.39. The van der Waals surface area contributed by atoms with Gasteiger partial charge in [0.2, 0.25) is 0 Å². The van der Waals surface area contributed by atoms with Gasteiger partial charge in [-0.2, -0.15) is 5.26 Å². The fourth-order valence-corrected chi connectivity index (χ4v) is 2.67. The van der Waals surface area contributed by atoms with Crippen molar-refractivity contribution in [2.45, 2.75) is 0 Å². The average Bonchev–Trinajstić information content (AvgIpc) is 3.21. The smallest absolute Gasteiger partial charge is 0.337 e. The highest BCUT2D eigenvalue weighted by Gasteiger charge is 2.16. The third-order valence-corrected chi connectivity index (χ3v) is 4.15. The van der Waals surface area contributed by atoms with Gasteiger partial charge in [-0.3, -0.25) is 4.79 Å². The largest absolute Gasteiger partial charge is 0.465 e. The topological polar surface area (TPSA) is 105 Å². The van der Waals surface area contributed by atoms with E-state index in [1.165, 1.54) is 25.3 Å². The minimum absolute atomic E-state index is 0.0973. The molecule has 2 aromatic rings. The van der Waals surface area contributed by atoms with Crippen molar-refractivity contribution in [3.8, 4) is 6.07 Å². The lowest BCUT2D eigenvalue weighted by Gasteiger charge is -2.26. The summed E-state index contributed by atoms with van der Waals surface area (Å²) < 4.78 is 15.7. The molecular weight excluding hydrogens is 362 g/mol. The van der Waals surface area contributed by atoms with Crippen LogP contribution in [0.3, 0.4) is 0 Å². The number of nitriles is 1. The maximum Gasteiger partial charge on any atom is 0.337 e.